The molecule has 0 aliphatic carbocycles. The van der Waals surface area contributed by atoms with Gasteiger partial charge < -0.3 is 15.1 Å². The topological polar surface area (TPSA) is 69.5 Å². The SMILES string of the molecule is Cc1cc(N(CCO)CCO)nc(C(C)C)n1. The van der Waals surface area contributed by atoms with Crippen LogP contribution in [0.25, 0.3) is 0 Å². The normalized spacial score (nSPS) is 10.9. The zero-order valence-electron chi connectivity index (χ0n) is 10.7. The molecule has 0 amide bonds. The maximum atomic E-state index is 9.01. The Bertz CT molecular complexity index is 350. The van der Waals surface area contributed by atoms with E-state index in [-0.39, 0.29) is 19.1 Å². The van der Waals surface area contributed by atoms with Crippen molar-refractivity contribution in [1.29, 1.82) is 0 Å². The lowest BCUT2D eigenvalue weighted by atomic mass is 10.2. The molecular formula is C12H21N3O2. The van der Waals surface area contributed by atoms with Crippen molar-refractivity contribution in [1.82, 2.24) is 9.97 Å². The summed E-state index contributed by atoms with van der Waals surface area (Å²) in [5.41, 5.74) is 0.902. The third kappa shape index (κ3) is 3.94. The first-order chi connectivity index (χ1) is 8.08. The second-order valence-corrected chi connectivity index (χ2v) is 4.31. The van der Waals surface area contributed by atoms with Crippen LogP contribution < -0.4 is 4.90 Å². The Hall–Kier alpha value is -1.20. The number of aromatic nitrogens is 2. The average molecular weight is 239 g/mol. The maximum absolute atomic E-state index is 9.01. The van der Waals surface area contributed by atoms with Crippen LogP contribution in [0, 0.1) is 6.92 Å². The van der Waals surface area contributed by atoms with Crippen molar-refractivity contribution in [3.05, 3.63) is 17.6 Å². The highest BCUT2D eigenvalue weighted by molar-refractivity contribution is 5.40. The van der Waals surface area contributed by atoms with Gasteiger partial charge in [0.25, 0.3) is 0 Å². The van der Waals surface area contributed by atoms with Gasteiger partial charge in [0.1, 0.15) is 11.6 Å². The first kappa shape index (κ1) is 13.9. The van der Waals surface area contributed by atoms with E-state index in [4.69, 9.17) is 10.2 Å². The van der Waals surface area contributed by atoms with Crippen LogP contribution >= 0.6 is 0 Å². The van der Waals surface area contributed by atoms with Crippen molar-refractivity contribution >= 4 is 5.82 Å². The lowest BCUT2D eigenvalue weighted by molar-refractivity contribution is 0.280. The summed E-state index contributed by atoms with van der Waals surface area (Å²) in [5.74, 6) is 1.82. The molecule has 0 aliphatic heterocycles. The van der Waals surface area contributed by atoms with E-state index in [0.29, 0.717) is 13.1 Å². The molecule has 0 unspecified atom stereocenters. The van der Waals surface area contributed by atoms with Crippen molar-refractivity contribution in [2.75, 3.05) is 31.2 Å². The van der Waals surface area contributed by atoms with E-state index < -0.39 is 0 Å². The molecule has 1 rings (SSSR count). The fraction of sp³-hybridized carbons (Fsp3) is 0.667. The molecule has 5 heteroatoms. The Morgan fingerprint density at radius 1 is 1.18 bits per heavy atom. The maximum Gasteiger partial charge on any atom is 0.133 e. The van der Waals surface area contributed by atoms with E-state index in [0.717, 1.165) is 17.3 Å². The highest BCUT2D eigenvalue weighted by atomic mass is 16.3. The predicted molar refractivity (Wildman–Crippen MR) is 67.2 cm³/mol. The van der Waals surface area contributed by atoms with E-state index in [2.05, 4.69) is 9.97 Å². The summed E-state index contributed by atoms with van der Waals surface area (Å²) < 4.78 is 0. The Morgan fingerprint density at radius 3 is 2.24 bits per heavy atom. The van der Waals surface area contributed by atoms with Crippen LogP contribution in [0.15, 0.2) is 6.07 Å². The minimum absolute atomic E-state index is 0.0417. The van der Waals surface area contributed by atoms with E-state index in [1.807, 2.05) is 31.7 Å². The van der Waals surface area contributed by atoms with Gasteiger partial charge in [0, 0.05) is 30.8 Å². The van der Waals surface area contributed by atoms with E-state index in [1.54, 1.807) is 0 Å². The van der Waals surface area contributed by atoms with E-state index in [9.17, 15) is 0 Å². The molecule has 0 spiro atoms. The Balaban J connectivity index is 3.00. The van der Waals surface area contributed by atoms with Gasteiger partial charge in [-0.1, -0.05) is 13.8 Å². The van der Waals surface area contributed by atoms with Crippen LogP contribution in [0.3, 0.4) is 0 Å². The molecule has 1 heterocycles. The van der Waals surface area contributed by atoms with Gasteiger partial charge in [0.2, 0.25) is 0 Å². The number of anilines is 1. The molecule has 0 aliphatic rings. The molecule has 1 aromatic heterocycles. The molecule has 2 N–H and O–H groups in total. The summed E-state index contributed by atoms with van der Waals surface area (Å²) in [5, 5.41) is 18.0. The molecule has 0 aromatic carbocycles. The zero-order chi connectivity index (χ0) is 12.8. The summed E-state index contributed by atoms with van der Waals surface area (Å²) >= 11 is 0. The van der Waals surface area contributed by atoms with Gasteiger partial charge >= 0.3 is 0 Å². The molecule has 0 fully saturated rings. The molecular weight excluding hydrogens is 218 g/mol. The first-order valence-electron chi connectivity index (χ1n) is 5.90. The Morgan fingerprint density at radius 2 is 1.76 bits per heavy atom. The smallest absolute Gasteiger partial charge is 0.133 e. The number of hydrogen-bond acceptors (Lipinski definition) is 5. The third-order valence-corrected chi connectivity index (χ3v) is 2.44. The largest absolute Gasteiger partial charge is 0.395 e. The fourth-order valence-electron chi connectivity index (χ4n) is 1.58. The number of aryl methyl sites for hydroxylation is 1. The van der Waals surface area contributed by atoms with Crippen molar-refractivity contribution in [2.45, 2.75) is 26.7 Å². The molecule has 17 heavy (non-hydrogen) atoms. The first-order valence-corrected chi connectivity index (χ1v) is 5.90. The minimum Gasteiger partial charge on any atom is -0.395 e. The molecule has 0 saturated heterocycles. The van der Waals surface area contributed by atoms with Crippen LogP contribution in [0.4, 0.5) is 5.82 Å². The van der Waals surface area contributed by atoms with Gasteiger partial charge in [-0.2, -0.15) is 0 Å². The molecule has 96 valence electrons. The number of aliphatic hydroxyl groups excluding tert-OH is 2. The second kappa shape index (κ2) is 6.51. The lowest BCUT2D eigenvalue weighted by Gasteiger charge is -2.22. The number of aliphatic hydroxyl groups is 2. The molecule has 0 atom stereocenters. The van der Waals surface area contributed by atoms with Crippen LogP contribution in [-0.4, -0.2) is 46.5 Å². The lowest BCUT2D eigenvalue weighted by Crippen LogP contribution is -2.31. The van der Waals surface area contributed by atoms with Gasteiger partial charge in [0.05, 0.1) is 13.2 Å². The summed E-state index contributed by atoms with van der Waals surface area (Å²) in [7, 11) is 0. The summed E-state index contributed by atoms with van der Waals surface area (Å²) in [4.78, 5) is 10.7. The van der Waals surface area contributed by atoms with Gasteiger partial charge in [-0.3, -0.25) is 0 Å². The second-order valence-electron chi connectivity index (χ2n) is 4.31. The average Bonchev–Trinajstić information content (AvgIpc) is 2.28. The molecule has 0 bridgehead atoms. The fourth-order valence-corrected chi connectivity index (χ4v) is 1.58. The van der Waals surface area contributed by atoms with Gasteiger partial charge in [-0.05, 0) is 6.92 Å². The van der Waals surface area contributed by atoms with Crippen molar-refractivity contribution in [3.8, 4) is 0 Å². The van der Waals surface area contributed by atoms with Crippen molar-refractivity contribution < 1.29 is 10.2 Å². The van der Waals surface area contributed by atoms with Crippen LogP contribution in [0.5, 0.6) is 0 Å². The van der Waals surface area contributed by atoms with Gasteiger partial charge in [-0.25, -0.2) is 9.97 Å². The molecule has 0 radical (unpaired) electrons. The minimum atomic E-state index is 0.0417. The predicted octanol–water partition coefficient (Wildman–Crippen LogP) is 0.699. The molecule has 0 saturated carbocycles. The summed E-state index contributed by atoms with van der Waals surface area (Å²) in [6.45, 7) is 7.03. The van der Waals surface area contributed by atoms with Gasteiger partial charge in [0.15, 0.2) is 0 Å². The standard InChI is InChI=1S/C12H21N3O2/c1-9(2)12-13-10(3)8-11(14-12)15(4-6-16)5-7-17/h8-9,16-17H,4-7H2,1-3H3. The van der Waals surface area contributed by atoms with Crippen LogP contribution in [0.2, 0.25) is 0 Å². The molecule has 1 aromatic rings. The number of nitrogens with zero attached hydrogens (tertiary/aromatic N) is 3. The summed E-state index contributed by atoms with van der Waals surface area (Å²) in [6.07, 6.45) is 0. The quantitative estimate of drug-likeness (QED) is 0.764. The number of hydrogen-bond donors (Lipinski definition) is 2. The monoisotopic (exact) mass is 239 g/mol. The highest BCUT2D eigenvalue weighted by Crippen LogP contribution is 2.16. The van der Waals surface area contributed by atoms with Crippen LogP contribution in [0.1, 0.15) is 31.3 Å². The van der Waals surface area contributed by atoms with Gasteiger partial charge in [-0.15, -0.1) is 0 Å². The Labute approximate surface area is 102 Å². The summed E-state index contributed by atoms with van der Waals surface area (Å²) in [6, 6.07) is 1.87. The molecule has 5 nitrogen and oxygen atoms in total. The van der Waals surface area contributed by atoms with Crippen molar-refractivity contribution in [3.63, 3.8) is 0 Å². The highest BCUT2D eigenvalue weighted by Gasteiger charge is 2.11. The number of rotatable bonds is 6. The third-order valence-electron chi connectivity index (χ3n) is 2.44. The van der Waals surface area contributed by atoms with E-state index >= 15 is 0 Å². The Kier molecular flexibility index (Phi) is 5.31. The van der Waals surface area contributed by atoms with Crippen molar-refractivity contribution in [2.24, 2.45) is 0 Å². The zero-order valence-corrected chi connectivity index (χ0v) is 10.7. The van der Waals surface area contributed by atoms with Crippen LogP contribution in [-0.2, 0) is 0 Å². The van der Waals surface area contributed by atoms with E-state index in [1.165, 1.54) is 0 Å².